The fourth-order valence-corrected chi connectivity index (χ4v) is 3.80. The number of amides is 2. The molecule has 3 atom stereocenters. The van der Waals surface area contributed by atoms with Crippen molar-refractivity contribution in [2.75, 3.05) is 11.9 Å². The van der Waals surface area contributed by atoms with Crippen LogP contribution >= 0.6 is 0 Å². The van der Waals surface area contributed by atoms with Crippen molar-refractivity contribution in [3.05, 3.63) is 29.8 Å². The summed E-state index contributed by atoms with van der Waals surface area (Å²) < 4.78 is 37.8. The van der Waals surface area contributed by atoms with Gasteiger partial charge in [-0.3, -0.25) is 0 Å². The summed E-state index contributed by atoms with van der Waals surface area (Å²) >= 11 is 0. The van der Waals surface area contributed by atoms with Crippen molar-refractivity contribution in [1.82, 2.24) is 5.32 Å². The Balaban J connectivity index is 1.51. The number of nitrogens with one attached hydrogen (secondary N) is 2. The van der Waals surface area contributed by atoms with Crippen molar-refractivity contribution >= 4 is 11.7 Å². The van der Waals surface area contributed by atoms with Crippen LogP contribution in [-0.2, 0) is 6.18 Å². The van der Waals surface area contributed by atoms with E-state index in [0.717, 1.165) is 24.5 Å². The molecule has 0 aromatic heterocycles. The zero-order valence-electron chi connectivity index (χ0n) is 12.1. The SMILES string of the molecule is O=C(NC[C@H]1C[C@@H]2CC[C@@H]1C2)Nc1cccc(C(F)(F)F)c1. The van der Waals surface area contributed by atoms with Crippen LogP contribution < -0.4 is 10.6 Å². The highest BCUT2D eigenvalue weighted by atomic mass is 19.4. The lowest BCUT2D eigenvalue weighted by Crippen LogP contribution is -2.34. The van der Waals surface area contributed by atoms with Gasteiger partial charge in [0.2, 0.25) is 0 Å². The summed E-state index contributed by atoms with van der Waals surface area (Å²) in [4.78, 5) is 11.8. The Kier molecular flexibility index (Phi) is 4.02. The van der Waals surface area contributed by atoms with E-state index < -0.39 is 17.8 Å². The predicted molar refractivity (Wildman–Crippen MR) is 77.4 cm³/mol. The van der Waals surface area contributed by atoms with E-state index in [2.05, 4.69) is 10.6 Å². The third kappa shape index (κ3) is 3.36. The molecule has 2 aliphatic rings. The maximum Gasteiger partial charge on any atom is 0.416 e. The zero-order valence-corrected chi connectivity index (χ0v) is 12.1. The lowest BCUT2D eigenvalue weighted by atomic mass is 9.89. The monoisotopic (exact) mass is 312 g/mol. The van der Waals surface area contributed by atoms with Gasteiger partial charge in [-0.25, -0.2) is 4.79 Å². The molecule has 1 aromatic carbocycles. The summed E-state index contributed by atoms with van der Waals surface area (Å²) in [5.74, 6) is 2.04. The van der Waals surface area contributed by atoms with E-state index in [0.29, 0.717) is 18.4 Å². The van der Waals surface area contributed by atoms with Crippen molar-refractivity contribution in [2.45, 2.75) is 31.9 Å². The Morgan fingerprint density at radius 1 is 1.23 bits per heavy atom. The number of carbonyl (C=O) groups excluding carboxylic acids is 1. The molecule has 2 aliphatic carbocycles. The van der Waals surface area contributed by atoms with Gasteiger partial charge in [0.1, 0.15) is 0 Å². The number of alkyl halides is 3. The molecule has 0 saturated heterocycles. The molecule has 2 saturated carbocycles. The summed E-state index contributed by atoms with van der Waals surface area (Å²) in [6, 6.07) is 4.22. The van der Waals surface area contributed by atoms with E-state index in [1.165, 1.54) is 31.4 Å². The number of benzene rings is 1. The molecular weight excluding hydrogens is 293 g/mol. The minimum Gasteiger partial charge on any atom is -0.338 e. The first kappa shape index (κ1) is 15.2. The Labute approximate surface area is 127 Å². The highest BCUT2D eigenvalue weighted by Gasteiger charge is 2.39. The van der Waals surface area contributed by atoms with E-state index in [9.17, 15) is 18.0 Å². The number of hydrogen-bond donors (Lipinski definition) is 2. The molecule has 3 nitrogen and oxygen atoms in total. The van der Waals surface area contributed by atoms with Crippen LogP contribution in [0.4, 0.5) is 23.7 Å². The summed E-state index contributed by atoms with van der Waals surface area (Å²) in [5, 5.41) is 5.26. The molecule has 0 spiro atoms. The van der Waals surface area contributed by atoms with Crippen LogP contribution in [0.1, 0.15) is 31.2 Å². The summed E-state index contributed by atoms with van der Waals surface area (Å²) in [7, 11) is 0. The molecule has 6 heteroatoms. The van der Waals surface area contributed by atoms with Crippen LogP contribution in [0.2, 0.25) is 0 Å². The van der Waals surface area contributed by atoms with Gasteiger partial charge in [0.05, 0.1) is 5.56 Å². The molecule has 0 heterocycles. The molecular formula is C16H19F3N2O. The van der Waals surface area contributed by atoms with E-state index in [1.54, 1.807) is 0 Å². The number of urea groups is 1. The topological polar surface area (TPSA) is 41.1 Å². The minimum absolute atomic E-state index is 0.153. The van der Waals surface area contributed by atoms with E-state index >= 15 is 0 Å². The number of anilines is 1. The van der Waals surface area contributed by atoms with Gasteiger partial charge < -0.3 is 10.6 Å². The van der Waals surface area contributed by atoms with Crippen LogP contribution in [0.5, 0.6) is 0 Å². The number of rotatable bonds is 3. The van der Waals surface area contributed by atoms with Gasteiger partial charge in [-0.05, 0) is 55.2 Å². The van der Waals surface area contributed by atoms with Gasteiger partial charge in [0.25, 0.3) is 0 Å². The molecule has 3 rings (SSSR count). The van der Waals surface area contributed by atoms with Gasteiger partial charge in [-0.2, -0.15) is 13.2 Å². The Morgan fingerprint density at radius 3 is 2.68 bits per heavy atom. The molecule has 2 amide bonds. The minimum atomic E-state index is -4.41. The smallest absolute Gasteiger partial charge is 0.338 e. The lowest BCUT2D eigenvalue weighted by Gasteiger charge is -2.21. The van der Waals surface area contributed by atoms with E-state index in [4.69, 9.17) is 0 Å². The first-order chi connectivity index (χ1) is 10.4. The fraction of sp³-hybridized carbons (Fsp3) is 0.562. The number of fused-ring (bicyclic) bond motifs is 2. The maximum atomic E-state index is 12.6. The lowest BCUT2D eigenvalue weighted by molar-refractivity contribution is -0.137. The van der Waals surface area contributed by atoms with Crippen molar-refractivity contribution in [3.8, 4) is 0 Å². The number of hydrogen-bond acceptors (Lipinski definition) is 1. The second-order valence-electron chi connectivity index (χ2n) is 6.35. The van der Waals surface area contributed by atoms with Gasteiger partial charge in [0, 0.05) is 12.2 Å². The third-order valence-corrected chi connectivity index (χ3v) is 4.86. The summed E-state index contributed by atoms with van der Waals surface area (Å²) in [6.45, 7) is 0.603. The quantitative estimate of drug-likeness (QED) is 0.860. The van der Waals surface area contributed by atoms with Crippen molar-refractivity contribution in [1.29, 1.82) is 0 Å². The second kappa shape index (κ2) is 5.82. The van der Waals surface area contributed by atoms with Crippen LogP contribution in [0.15, 0.2) is 24.3 Å². The highest BCUT2D eigenvalue weighted by molar-refractivity contribution is 5.89. The molecule has 0 unspecified atom stereocenters. The van der Waals surface area contributed by atoms with Crippen molar-refractivity contribution < 1.29 is 18.0 Å². The fourth-order valence-electron chi connectivity index (χ4n) is 3.80. The largest absolute Gasteiger partial charge is 0.416 e. The second-order valence-corrected chi connectivity index (χ2v) is 6.35. The van der Waals surface area contributed by atoms with Gasteiger partial charge >= 0.3 is 12.2 Å². The van der Waals surface area contributed by atoms with Crippen LogP contribution in [0.3, 0.4) is 0 Å². The number of carbonyl (C=O) groups is 1. The molecule has 120 valence electrons. The van der Waals surface area contributed by atoms with Crippen molar-refractivity contribution in [2.24, 2.45) is 17.8 Å². The van der Waals surface area contributed by atoms with E-state index in [1.807, 2.05) is 0 Å². The van der Waals surface area contributed by atoms with E-state index in [-0.39, 0.29) is 5.69 Å². The average Bonchev–Trinajstić information content (AvgIpc) is 3.07. The Hall–Kier alpha value is -1.72. The molecule has 22 heavy (non-hydrogen) atoms. The maximum absolute atomic E-state index is 12.6. The molecule has 2 fully saturated rings. The summed E-state index contributed by atoms with van der Waals surface area (Å²) in [5.41, 5.74) is -0.612. The highest BCUT2D eigenvalue weighted by Crippen LogP contribution is 2.47. The van der Waals surface area contributed by atoms with Crippen LogP contribution in [-0.4, -0.2) is 12.6 Å². The average molecular weight is 312 g/mol. The summed E-state index contributed by atoms with van der Waals surface area (Å²) in [6.07, 6.45) is 0.567. The van der Waals surface area contributed by atoms with Gasteiger partial charge in [-0.15, -0.1) is 0 Å². The standard InChI is InChI=1S/C16H19F3N2O/c17-16(18,19)13-2-1-3-14(8-13)21-15(22)20-9-12-7-10-4-5-11(12)6-10/h1-3,8,10-12H,4-7,9H2,(H2,20,21,22)/t10-,11-,12-/m1/s1. The molecule has 0 radical (unpaired) electrons. The van der Waals surface area contributed by atoms with Crippen molar-refractivity contribution in [3.63, 3.8) is 0 Å². The Bertz CT molecular complexity index is 559. The number of halogens is 3. The van der Waals surface area contributed by atoms with Gasteiger partial charge in [-0.1, -0.05) is 12.5 Å². The zero-order chi connectivity index (χ0) is 15.7. The van der Waals surface area contributed by atoms with Crippen LogP contribution in [0, 0.1) is 17.8 Å². The predicted octanol–water partition coefficient (Wildman–Crippen LogP) is 4.26. The van der Waals surface area contributed by atoms with Gasteiger partial charge in [0.15, 0.2) is 0 Å². The molecule has 1 aromatic rings. The molecule has 2 bridgehead atoms. The first-order valence-corrected chi connectivity index (χ1v) is 7.64. The molecule has 0 aliphatic heterocycles. The Morgan fingerprint density at radius 2 is 2.05 bits per heavy atom. The third-order valence-electron chi connectivity index (χ3n) is 4.86. The first-order valence-electron chi connectivity index (χ1n) is 7.64. The normalized spacial score (nSPS) is 27.0. The molecule has 2 N–H and O–H groups in total. The van der Waals surface area contributed by atoms with Crippen LogP contribution in [0.25, 0.3) is 0 Å².